The molecule has 32 heavy (non-hydrogen) atoms. The van der Waals surface area contributed by atoms with Crippen LogP contribution in [0.1, 0.15) is 6.42 Å². The van der Waals surface area contributed by atoms with Gasteiger partial charge >= 0.3 is 0 Å². The Labute approximate surface area is 183 Å². The lowest BCUT2D eigenvalue weighted by atomic mass is 9.98. The minimum Gasteiger partial charge on any atom is -0.394 e. The number of aliphatic hydroxyl groups is 8. The van der Waals surface area contributed by atoms with E-state index in [9.17, 15) is 40.9 Å². The predicted molar refractivity (Wildman–Crippen MR) is 98.6 cm³/mol. The molecule has 0 spiro atoms. The Morgan fingerprint density at radius 2 is 1.44 bits per heavy atom. The van der Waals surface area contributed by atoms with Gasteiger partial charge in [0.2, 0.25) is 0 Å². The maximum absolute atomic E-state index is 10.8. The topological polar surface area (TPSA) is 217 Å². The fourth-order valence-corrected chi connectivity index (χ4v) is 3.88. The number of ether oxygens (including phenoxy) is 6. The van der Waals surface area contributed by atoms with Crippen LogP contribution in [0.4, 0.5) is 0 Å². The van der Waals surface area contributed by atoms with Crippen molar-refractivity contribution in [3.63, 3.8) is 0 Å². The van der Waals surface area contributed by atoms with E-state index in [4.69, 9.17) is 28.4 Å². The third-order valence-corrected chi connectivity index (χ3v) is 5.80. The van der Waals surface area contributed by atoms with Crippen molar-refractivity contribution in [3.05, 3.63) is 0 Å². The highest BCUT2D eigenvalue weighted by Crippen LogP contribution is 2.30. The fraction of sp³-hybridized carbons (Fsp3) is 1.00. The molecule has 14 heteroatoms. The zero-order valence-electron chi connectivity index (χ0n) is 17.4. The molecule has 3 saturated heterocycles. The van der Waals surface area contributed by atoms with Crippen LogP contribution in [0.3, 0.4) is 0 Å². The summed E-state index contributed by atoms with van der Waals surface area (Å²) in [5.41, 5.74) is 0. The van der Waals surface area contributed by atoms with Crippen LogP contribution in [0.5, 0.6) is 0 Å². The third-order valence-electron chi connectivity index (χ3n) is 5.80. The third kappa shape index (κ3) is 5.39. The molecule has 8 N–H and O–H groups in total. The minimum atomic E-state index is -1.72. The maximum atomic E-state index is 10.8. The lowest BCUT2D eigenvalue weighted by molar-refractivity contribution is -0.368. The first kappa shape index (κ1) is 26.1. The van der Waals surface area contributed by atoms with Crippen LogP contribution in [0.2, 0.25) is 0 Å². The average molecular weight is 472 g/mol. The van der Waals surface area contributed by atoms with Crippen molar-refractivity contribution >= 4 is 0 Å². The zero-order valence-corrected chi connectivity index (χ0v) is 17.4. The number of aliphatic hydroxyl groups excluding tert-OH is 8. The van der Waals surface area contributed by atoms with E-state index in [0.29, 0.717) is 0 Å². The Bertz CT molecular complexity index is 580. The zero-order chi connectivity index (χ0) is 23.6. The van der Waals surface area contributed by atoms with E-state index in [1.165, 1.54) is 7.11 Å². The molecule has 0 radical (unpaired) electrons. The van der Waals surface area contributed by atoms with Crippen LogP contribution in [0.15, 0.2) is 0 Å². The van der Waals surface area contributed by atoms with E-state index in [1.807, 2.05) is 0 Å². The van der Waals surface area contributed by atoms with Gasteiger partial charge in [0.05, 0.1) is 32.0 Å². The van der Waals surface area contributed by atoms with Gasteiger partial charge in [0.15, 0.2) is 18.9 Å². The van der Waals surface area contributed by atoms with Crippen LogP contribution in [0.25, 0.3) is 0 Å². The predicted octanol–water partition coefficient (Wildman–Crippen LogP) is -5.25. The maximum Gasteiger partial charge on any atom is 0.187 e. The van der Waals surface area contributed by atoms with Crippen molar-refractivity contribution in [1.82, 2.24) is 0 Å². The van der Waals surface area contributed by atoms with Crippen molar-refractivity contribution in [2.75, 3.05) is 26.9 Å². The molecular weight excluding hydrogens is 440 g/mol. The van der Waals surface area contributed by atoms with Crippen LogP contribution >= 0.6 is 0 Å². The van der Waals surface area contributed by atoms with Gasteiger partial charge in [0.25, 0.3) is 0 Å². The lowest BCUT2D eigenvalue weighted by Crippen LogP contribution is -2.63. The molecule has 3 aliphatic rings. The summed E-state index contributed by atoms with van der Waals surface area (Å²) in [6.07, 6.45) is -17.8. The van der Waals surface area contributed by atoms with Gasteiger partial charge in [-0.15, -0.1) is 0 Å². The summed E-state index contributed by atoms with van der Waals surface area (Å²) in [6, 6.07) is 0. The molecule has 3 fully saturated rings. The molecule has 0 aliphatic carbocycles. The summed E-state index contributed by atoms with van der Waals surface area (Å²) >= 11 is 0. The summed E-state index contributed by atoms with van der Waals surface area (Å²) in [4.78, 5) is 0. The number of hydrogen-bond acceptors (Lipinski definition) is 14. The Balaban J connectivity index is 1.70. The summed E-state index contributed by atoms with van der Waals surface area (Å²) in [6.45, 7) is -1.30. The first-order chi connectivity index (χ1) is 15.2. The molecule has 0 aromatic rings. The van der Waals surface area contributed by atoms with E-state index < -0.39 is 93.1 Å². The summed E-state index contributed by atoms with van der Waals surface area (Å²) in [5.74, 6) is 0. The summed E-state index contributed by atoms with van der Waals surface area (Å²) < 4.78 is 32.5. The van der Waals surface area contributed by atoms with Gasteiger partial charge in [-0.1, -0.05) is 0 Å². The molecule has 14 nitrogen and oxygen atoms in total. The van der Waals surface area contributed by atoms with Crippen LogP contribution in [0, 0.1) is 0 Å². The van der Waals surface area contributed by atoms with Gasteiger partial charge in [-0.25, -0.2) is 0 Å². The van der Waals surface area contributed by atoms with Gasteiger partial charge in [0.1, 0.15) is 48.8 Å². The Morgan fingerprint density at radius 1 is 0.750 bits per heavy atom. The van der Waals surface area contributed by atoms with Crippen LogP contribution in [-0.2, 0) is 28.4 Å². The summed E-state index contributed by atoms with van der Waals surface area (Å²) in [7, 11) is 1.28. The van der Waals surface area contributed by atoms with E-state index in [1.54, 1.807) is 0 Å². The molecule has 0 unspecified atom stereocenters. The standard InChI is InChI=1S/C18H32O14/c1-27-18-15(32-17-14(26)13(25)11(23)8(4-20)30-17)12(24)9(5-28-18)31-16-10(22)7(21)2-6(3-19)29-16/h6-26H,2-5H2,1H3/t6-,7-,8-,9-,10+,11-,12+,13+,14-,15-,16-,17+,18-/m1/s1. The fourth-order valence-electron chi connectivity index (χ4n) is 3.88. The molecule has 3 heterocycles. The molecule has 0 aromatic heterocycles. The number of rotatable bonds is 7. The van der Waals surface area contributed by atoms with Gasteiger partial charge < -0.3 is 69.3 Å². The van der Waals surface area contributed by atoms with E-state index in [2.05, 4.69) is 0 Å². The minimum absolute atomic E-state index is 0.00413. The van der Waals surface area contributed by atoms with E-state index in [-0.39, 0.29) is 13.0 Å². The SMILES string of the molecule is CO[C@@H]1OC[C@@H](O[C@H]2O[C@@H](CO)C[C@@H](O)[C@@H]2O)[C@H](O)[C@H]1O[C@@H]1O[C@H](CO)[C@@H](O)[C@H](O)[C@H]1O. The Hall–Kier alpha value is -0.560. The van der Waals surface area contributed by atoms with Crippen molar-refractivity contribution in [1.29, 1.82) is 0 Å². The van der Waals surface area contributed by atoms with Crippen molar-refractivity contribution in [2.45, 2.75) is 86.3 Å². The second kappa shape index (κ2) is 11.2. The monoisotopic (exact) mass is 472 g/mol. The molecular formula is C18H32O14. The van der Waals surface area contributed by atoms with Gasteiger partial charge in [-0.05, 0) is 0 Å². The highest BCUT2D eigenvalue weighted by atomic mass is 16.8. The van der Waals surface area contributed by atoms with E-state index >= 15 is 0 Å². The van der Waals surface area contributed by atoms with Crippen LogP contribution < -0.4 is 0 Å². The van der Waals surface area contributed by atoms with Crippen molar-refractivity contribution in [3.8, 4) is 0 Å². The smallest absolute Gasteiger partial charge is 0.187 e. The van der Waals surface area contributed by atoms with Crippen LogP contribution in [-0.4, -0.2) is 148 Å². The number of methoxy groups -OCH3 is 1. The van der Waals surface area contributed by atoms with Gasteiger partial charge in [-0.2, -0.15) is 0 Å². The molecule has 0 aromatic carbocycles. The lowest BCUT2D eigenvalue weighted by Gasteiger charge is -2.45. The molecule has 0 bridgehead atoms. The Morgan fingerprint density at radius 3 is 2.06 bits per heavy atom. The first-order valence-corrected chi connectivity index (χ1v) is 10.3. The van der Waals surface area contributed by atoms with Crippen molar-refractivity contribution < 1.29 is 69.3 Å². The molecule has 188 valence electrons. The number of hydrogen-bond donors (Lipinski definition) is 8. The second-order valence-electron chi connectivity index (χ2n) is 8.00. The highest BCUT2D eigenvalue weighted by Gasteiger charge is 2.50. The second-order valence-corrected chi connectivity index (χ2v) is 8.00. The summed E-state index contributed by atoms with van der Waals surface area (Å²) in [5, 5.41) is 79.6. The first-order valence-electron chi connectivity index (χ1n) is 10.3. The Kier molecular flexibility index (Phi) is 9.15. The average Bonchev–Trinajstić information content (AvgIpc) is 2.79. The molecule has 13 atom stereocenters. The van der Waals surface area contributed by atoms with Crippen molar-refractivity contribution in [2.24, 2.45) is 0 Å². The quantitative estimate of drug-likeness (QED) is 0.174. The molecule has 0 saturated carbocycles. The normalized spacial score (nSPS) is 50.3. The molecule has 3 aliphatic heterocycles. The molecule has 0 amide bonds. The highest BCUT2D eigenvalue weighted by molar-refractivity contribution is 4.92. The van der Waals surface area contributed by atoms with Gasteiger partial charge in [-0.3, -0.25) is 0 Å². The van der Waals surface area contributed by atoms with E-state index in [0.717, 1.165) is 0 Å². The van der Waals surface area contributed by atoms with Gasteiger partial charge in [0, 0.05) is 13.5 Å². The molecule has 3 rings (SSSR count). The largest absolute Gasteiger partial charge is 0.394 e.